The van der Waals surface area contributed by atoms with Crippen LogP contribution in [-0.4, -0.2) is 23.8 Å². The quantitative estimate of drug-likeness (QED) is 0.563. The minimum atomic E-state index is -0.776. The Morgan fingerprint density at radius 1 is 1.54 bits per heavy atom. The molecule has 1 aliphatic heterocycles. The zero-order chi connectivity index (χ0) is 9.59. The lowest BCUT2D eigenvalue weighted by Crippen LogP contribution is -2.24. The Hall–Kier alpha value is -1.29. The van der Waals surface area contributed by atoms with E-state index in [9.17, 15) is 9.90 Å². The third-order valence-electron chi connectivity index (χ3n) is 2.48. The summed E-state index contributed by atoms with van der Waals surface area (Å²) < 4.78 is 0. The number of rotatable bonds is 0. The monoisotopic (exact) mass is 175 g/mol. The summed E-state index contributed by atoms with van der Waals surface area (Å²) >= 11 is 0. The number of hydrogen-bond donors (Lipinski definition) is 1. The van der Waals surface area contributed by atoms with Crippen molar-refractivity contribution in [2.75, 3.05) is 0 Å². The van der Waals surface area contributed by atoms with Crippen molar-refractivity contribution in [2.45, 2.75) is 13.2 Å². The smallest absolute Gasteiger partial charge is 0.244 e. The first-order valence-electron chi connectivity index (χ1n) is 4.17. The normalized spacial score (nSPS) is 20.6. The maximum absolute atomic E-state index is 11.6. The van der Waals surface area contributed by atoms with E-state index in [1.165, 1.54) is 4.81 Å². The van der Waals surface area contributed by atoms with E-state index in [-0.39, 0.29) is 5.91 Å². The number of carbonyl (C=O) groups is 1. The van der Waals surface area contributed by atoms with Crippen LogP contribution in [0.2, 0.25) is 0 Å². The first kappa shape index (κ1) is 8.32. The van der Waals surface area contributed by atoms with Gasteiger partial charge in [-0.05, 0) is 12.5 Å². The molecule has 1 heterocycles. The molecule has 0 spiro atoms. The Balaban J connectivity index is 2.66. The number of fused-ring (bicyclic) bond motifs is 1. The van der Waals surface area contributed by atoms with Crippen molar-refractivity contribution in [3.05, 3.63) is 34.9 Å². The van der Waals surface area contributed by atoms with E-state index in [0.717, 1.165) is 5.56 Å². The first-order valence-corrected chi connectivity index (χ1v) is 4.17. The van der Waals surface area contributed by atoms with Gasteiger partial charge in [-0.2, -0.15) is 0 Å². The van der Waals surface area contributed by atoms with Crippen molar-refractivity contribution in [1.29, 1.82) is 0 Å². The highest BCUT2D eigenvalue weighted by Gasteiger charge is 2.32. The van der Waals surface area contributed by atoms with E-state index in [2.05, 4.69) is 0 Å². The third kappa shape index (κ3) is 0.987. The molecule has 0 bridgehead atoms. The van der Waals surface area contributed by atoms with Crippen molar-refractivity contribution in [3.63, 3.8) is 0 Å². The molecule has 2 rings (SSSR count). The predicted octanol–water partition coefficient (Wildman–Crippen LogP) is -0.0102. The number of aryl methyl sites for hydroxylation is 1. The topological polar surface area (TPSA) is 40.5 Å². The molecule has 1 unspecified atom stereocenters. The molecule has 0 aromatic heterocycles. The molecule has 13 heavy (non-hydrogen) atoms. The van der Waals surface area contributed by atoms with Gasteiger partial charge < -0.3 is 9.92 Å². The minimum absolute atomic E-state index is 0.0967. The van der Waals surface area contributed by atoms with E-state index >= 15 is 0 Å². The Kier molecular flexibility index (Phi) is 1.67. The molecule has 1 aromatic rings. The third-order valence-corrected chi connectivity index (χ3v) is 2.48. The van der Waals surface area contributed by atoms with Crippen LogP contribution in [0.3, 0.4) is 0 Å². The van der Waals surface area contributed by atoms with Gasteiger partial charge in [0.15, 0.2) is 0 Å². The first-order chi connectivity index (χ1) is 6.13. The SMILES string of the molecule is BN1C(=O)c2c(C)cccc2C1O. The van der Waals surface area contributed by atoms with Gasteiger partial charge in [-0.15, -0.1) is 0 Å². The highest BCUT2D eigenvalue weighted by Crippen LogP contribution is 2.31. The van der Waals surface area contributed by atoms with Crippen LogP contribution >= 0.6 is 0 Å². The van der Waals surface area contributed by atoms with Crippen LogP contribution in [0.1, 0.15) is 27.7 Å². The molecule has 1 N–H and O–H groups in total. The minimum Gasteiger partial charge on any atom is -0.370 e. The lowest BCUT2D eigenvalue weighted by molar-refractivity contribution is 0.0543. The second-order valence-electron chi connectivity index (χ2n) is 3.33. The zero-order valence-electron chi connectivity index (χ0n) is 7.61. The molecule has 0 fully saturated rings. The summed E-state index contributed by atoms with van der Waals surface area (Å²) in [6.45, 7) is 1.88. The average Bonchev–Trinajstić information content (AvgIpc) is 2.33. The fourth-order valence-electron chi connectivity index (χ4n) is 1.69. The van der Waals surface area contributed by atoms with Gasteiger partial charge in [-0.3, -0.25) is 4.79 Å². The lowest BCUT2D eigenvalue weighted by Gasteiger charge is -2.14. The van der Waals surface area contributed by atoms with Crippen LogP contribution in [0, 0.1) is 6.92 Å². The van der Waals surface area contributed by atoms with Gasteiger partial charge in [0.25, 0.3) is 0 Å². The number of nitrogens with zero attached hydrogens (tertiary/aromatic N) is 1. The summed E-state index contributed by atoms with van der Waals surface area (Å²) in [5.74, 6) is -0.0967. The highest BCUT2D eigenvalue weighted by molar-refractivity contribution is 6.20. The van der Waals surface area contributed by atoms with Gasteiger partial charge in [0.2, 0.25) is 13.9 Å². The van der Waals surface area contributed by atoms with Crippen molar-refractivity contribution < 1.29 is 9.90 Å². The molecule has 66 valence electrons. The van der Waals surface area contributed by atoms with Gasteiger partial charge in [0.05, 0.1) is 0 Å². The van der Waals surface area contributed by atoms with E-state index < -0.39 is 6.23 Å². The Morgan fingerprint density at radius 3 is 2.85 bits per heavy atom. The second-order valence-corrected chi connectivity index (χ2v) is 3.33. The van der Waals surface area contributed by atoms with Crippen LogP contribution in [0.15, 0.2) is 18.2 Å². The Bertz CT molecular complexity index is 378. The van der Waals surface area contributed by atoms with E-state index in [1.54, 1.807) is 14.0 Å². The van der Waals surface area contributed by atoms with Crippen LogP contribution < -0.4 is 0 Å². The van der Waals surface area contributed by atoms with Crippen LogP contribution in [0.25, 0.3) is 0 Å². The zero-order valence-corrected chi connectivity index (χ0v) is 7.61. The van der Waals surface area contributed by atoms with Crippen molar-refractivity contribution in [2.24, 2.45) is 0 Å². The summed E-state index contributed by atoms with van der Waals surface area (Å²) in [6.07, 6.45) is -0.776. The van der Waals surface area contributed by atoms with E-state index in [1.807, 2.05) is 19.1 Å². The van der Waals surface area contributed by atoms with Crippen molar-refractivity contribution in [3.8, 4) is 0 Å². The summed E-state index contributed by atoms with van der Waals surface area (Å²) in [7, 11) is 1.60. The number of amides is 1. The predicted molar refractivity (Wildman–Crippen MR) is 50.9 cm³/mol. The van der Waals surface area contributed by atoms with Crippen molar-refractivity contribution >= 4 is 13.9 Å². The van der Waals surface area contributed by atoms with Gasteiger partial charge in [-0.1, -0.05) is 18.2 Å². The van der Waals surface area contributed by atoms with Crippen molar-refractivity contribution in [1.82, 2.24) is 4.81 Å². The molecule has 0 aliphatic carbocycles. The summed E-state index contributed by atoms with van der Waals surface area (Å²) in [6, 6.07) is 5.51. The molecule has 1 atom stereocenters. The Labute approximate surface area is 77.4 Å². The second kappa shape index (κ2) is 2.60. The molecule has 1 aromatic carbocycles. The van der Waals surface area contributed by atoms with Crippen LogP contribution in [0.5, 0.6) is 0 Å². The fraction of sp³-hybridized carbons (Fsp3) is 0.222. The average molecular weight is 175 g/mol. The highest BCUT2D eigenvalue weighted by atomic mass is 16.3. The fourth-order valence-corrected chi connectivity index (χ4v) is 1.69. The lowest BCUT2D eigenvalue weighted by atomic mass is 10.0. The molecule has 0 saturated heterocycles. The molecular weight excluding hydrogens is 165 g/mol. The number of benzene rings is 1. The number of carbonyl (C=O) groups excluding carboxylic acids is 1. The molecule has 4 heteroatoms. The van der Waals surface area contributed by atoms with Gasteiger partial charge in [0, 0.05) is 11.1 Å². The van der Waals surface area contributed by atoms with Crippen LogP contribution in [-0.2, 0) is 0 Å². The summed E-state index contributed by atoms with van der Waals surface area (Å²) in [4.78, 5) is 12.9. The summed E-state index contributed by atoms with van der Waals surface area (Å²) in [5, 5.41) is 9.65. The molecule has 1 aliphatic rings. The molecule has 1 amide bonds. The number of aliphatic hydroxyl groups is 1. The Morgan fingerprint density at radius 2 is 2.23 bits per heavy atom. The molecule has 0 saturated carbocycles. The maximum Gasteiger partial charge on any atom is 0.244 e. The molecular formula is C9H10BNO2. The van der Waals surface area contributed by atoms with Gasteiger partial charge in [0.1, 0.15) is 6.23 Å². The van der Waals surface area contributed by atoms with E-state index in [4.69, 9.17) is 0 Å². The van der Waals surface area contributed by atoms with E-state index in [0.29, 0.717) is 11.1 Å². The molecule has 3 nitrogen and oxygen atoms in total. The molecule has 0 radical (unpaired) electrons. The number of aliphatic hydroxyl groups excluding tert-OH is 1. The summed E-state index contributed by atoms with van der Waals surface area (Å²) in [5.41, 5.74) is 2.29. The van der Waals surface area contributed by atoms with Gasteiger partial charge in [-0.25, -0.2) is 0 Å². The standard InChI is InChI=1S/C9H10BNO2/c1-5-3-2-4-6-7(5)9(13)11(10)8(6)12/h2-4,8,12H,10H2,1H3. The van der Waals surface area contributed by atoms with Crippen LogP contribution in [0.4, 0.5) is 0 Å². The van der Waals surface area contributed by atoms with Gasteiger partial charge >= 0.3 is 0 Å². The number of hydrogen-bond acceptors (Lipinski definition) is 2. The largest absolute Gasteiger partial charge is 0.370 e. The maximum atomic E-state index is 11.6.